The molecule has 0 N–H and O–H groups in total. The van der Waals surface area contributed by atoms with Gasteiger partial charge in [-0.05, 0) is 18.6 Å². The zero-order valence-corrected chi connectivity index (χ0v) is 11.6. The molecule has 1 aromatic rings. The van der Waals surface area contributed by atoms with E-state index in [0.717, 1.165) is 0 Å². The van der Waals surface area contributed by atoms with Crippen molar-refractivity contribution in [3.05, 3.63) is 29.8 Å². The standard InChI is InChI=1S/C12H17N.HI/c1-9-12(2,3)10-7-5-6-8-11(10)13(9)4;/h5-9H,1-4H3;1H. The number of hydrogen-bond donors (Lipinski definition) is 0. The molecule has 0 saturated heterocycles. The second-order valence-electron chi connectivity index (χ2n) is 4.53. The van der Waals surface area contributed by atoms with E-state index in [0.29, 0.717) is 6.04 Å². The van der Waals surface area contributed by atoms with Gasteiger partial charge < -0.3 is 4.90 Å². The fourth-order valence-corrected chi connectivity index (χ4v) is 2.24. The lowest BCUT2D eigenvalue weighted by Crippen LogP contribution is -2.36. The summed E-state index contributed by atoms with van der Waals surface area (Å²) < 4.78 is 0. The summed E-state index contributed by atoms with van der Waals surface area (Å²) in [7, 11) is 2.18. The Morgan fingerprint density at radius 1 is 1.21 bits per heavy atom. The molecule has 1 aliphatic heterocycles. The fraction of sp³-hybridized carbons (Fsp3) is 0.500. The maximum Gasteiger partial charge on any atom is 0.0405 e. The van der Waals surface area contributed by atoms with Crippen LogP contribution in [0.1, 0.15) is 26.3 Å². The van der Waals surface area contributed by atoms with Crippen LogP contribution in [0.2, 0.25) is 0 Å². The zero-order valence-electron chi connectivity index (χ0n) is 9.24. The van der Waals surface area contributed by atoms with Crippen LogP contribution >= 0.6 is 24.0 Å². The van der Waals surface area contributed by atoms with Crippen LogP contribution in [-0.2, 0) is 5.41 Å². The highest BCUT2D eigenvalue weighted by atomic mass is 127. The Labute approximate surface area is 104 Å². The van der Waals surface area contributed by atoms with E-state index in [4.69, 9.17) is 0 Å². The van der Waals surface area contributed by atoms with Crippen molar-refractivity contribution in [2.75, 3.05) is 11.9 Å². The lowest BCUT2D eigenvalue weighted by molar-refractivity contribution is 0.454. The molecule has 1 aliphatic rings. The highest BCUT2D eigenvalue weighted by Crippen LogP contribution is 2.43. The summed E-state index contributed by atoms with van der Waals surface area (Å²) in [5.41, 5.74) is 3.15. The van der Waals surface area contributed by atoms with E-state index in [1.54, 1.807) is 0 Å². The van der Waals surface area contributed by atoms with Crippen LogP contribution in [0.25, 0.3) is 0 Å². The van der Waals surface area contributed by atoms with E-state index >= 15 is 0 Å². The molecule has 0 saturated carbocycles. The molecule has 14 heavy (non-hydrogen) atoms. The second-order valence-corrected chi connectivity index (χ2v) is 4.53. The van der Waals surface area contributed by atoms with Crippen LogP contribution in [0.5, 0.6) is 0 Å². The van der Waals surface area contributed by atoms with Crippen molar-refractivity contribution < 1.29 is 0 Å². The van der Waals surface area contributed by atoms with Gasteiger partial charge in [-0.1, -0.05) is 32.0 Å². The summed E-state index contributed by atoms with van der Waals surface area (Å²) >= 11 is 0. The van der Waals surface area contributed by atoms with E-state index in [-0.39, 0.29) is 29.4 Å². The van der Waals surface area contributed by atoms with E-state index < -0.39 is 0 Å². The summed E-state index contributed by atoms with van der Waals surface area (Å²) in [5.74, 6) is 0. The minimum atomic E-state index is 0. The van der Waals surface area contributed by atoms with Gasteiger partial charge in [0, 0.05) is 24.2 Å². The maximum atomic E-state index is 2.37. The van der Waals surface area contributed by atoms with Crippen LogP contribution in [0.15, 0.2) is 24.3 Å². The van der Waals surface area contributed by atoms with Gasteiger partial charge in [0.15, 0.2) is 0 Å². The molecule has 0 aromatic heterocycles. The van der Waals surface area contributed by atoms with Gasteiger partial charge in [-0.15, -0.1) is 24.0 Å². The van der Waals surface area contributed by atoms with E-state index in [1.165, 1.54) is 11.3 Å². The average molecular weight is 303 g/mol. The third kappa shape index (κ3) is 1.44. The molecule has 1 atom stereocenters. The van der Waals surface area contributed by atoms with Crippen molar-refractivity contribution in [1.29, 1.82) is 0 Å². The normalized spacial score (nSPS) is 22.9. The Morgan fingerprint density at radius 2 is 1.79 bits per heavy atom. The lowest BCUT2D eigenvalue weighted by atomic mass is 9.81. The first kappa shape index (κ1) is 11.8. The van der Waals surface area contributed by atoms with E-state index in [1.807, 2.05) is 0 Å². The molecule has 0 amide bonds. The number of anilines is 1. The van der Waals surface area contributed by atoms with E-state index in [9.17, 15) is 0 Å². The SMILES string of the molecule is CC1N(C)c2ccccc2C1(C)C.I. The highest BCUT2D eigenvalue weighted by Gasteiger charge is 2.39. The first-order valence-electron chi connectivity index (χ1n) is 4.87. The predicted molar refractivity (Wildman–Crippen MR) is 72.7 cm³/mol. The summed E-state index contributed by atoms with van der Waals surface area (Å²) in [5, 5.41) is 0. The molecule has 1 heterocycles. The molecule has 0 fully saturated rings. The van der Waals surface area contributed by atoms with Crippen LogP contribution in [0.3, 0.4) is 0 Å². The number of hydrogen-bond acceptors (Lipinski definition) is 1. The molecular formula is C12H18IN. The van der Waals surface area contributed by atoms with Gasteiger partial charge in [0.25, 0.3) is 0 Å². The summed E-state index contributed by atoms with van der Waals surface area (Å²) in [6.45, 7) is 6.93. The van der Waals surface area contributed by atoms with Crippen LogP contribution in [0, 0.1) is 0 Å². The van der Waals surface area contributed by atoms with Gasteiger partial charge >= 0.3 is 0 Å². The summed E-state index contributed by atoms with van der Waals surface area (Å²) in [4.78, 5) is 2.37. The minimum Gasteiger partial charge on any atom is -0.371 e. The Hall–Kier alpha value is -0.250. The smallest absolute Gasteiger partial charge is 0.0405 e. The summed E-state index contributed by atoms with van der Waals surface area (Å²) in [6.07, 6.45) is 0. The van der Waals surface area contributed by atoms with Crippen molar-refractivity contribution in [1.82, 2.24) is 0 Å². The van der Waals surface area contributed by atoms with Gasteiger partial charge in [0.2, 0.25) is 0 Å². The molecular weight excluding hydrogens is 285 g/mol. The molecule has 0 radical (unpaired) electrons. The molecule has 1 nitrogen and oxygen atoms in total. The Kier molecular flexibility index (Phi) is 3.14. The predicted octanol–water partition coefficient (Wildman–Crippen LogP) is 3.42. The number of para-hydroxylation sites is 1. The number of rotatable bonds is 0. The van der Waals surface area contributed by atoms with E-state index in [2.05, 4.69) is 57.0 Å². The number of benzene rings is 1. The molecule has 0 spiro atoms. The van der Waals surface area contributed by atoms with Gasteiger partial charge in [0.05, 0.1) is 0 Å². The monoisotopic (exact) mass is 303 g/mol. The minimum absolute atomic E-state index is 0. The molecule has 2 rings (SSSR count). The molecule has 0 aliphatic carbocycles. The maximum absolute atomic E-state index is 2.37. The second kappa shape index (κ2) is 3.72. The Bertz CT molecular complexity index is 333. The van der Waals surface area contributed by atoms with Crippen LogP contribution < -0.4 is 4.90 Å². The van der Waals surface area contributed by atoms with Crippen molar-refractivity contribution in [2.45, 2.75) is 32.2 Å². The van der Waals surface area contributed by atoms with Crippen molar-refractivity contribution in [2.24, 2.45) is 0 Å². The molecule has 2 heteroatoms. The Balaban J connectivity index is 0.000000980. The highest BCUT2D eigenvalue weighted by molar-refractivity contribution is 14.0. The Morgan fingerprint density at radius 3 is 2.36 bits per heavy atom. The molecule has 0 bridgehead atoms. The first-order chi connectivity index (χ1) is 6.05. The van der Waals surface area contributed by atoms with Crippen molar-refractivity contribution in [3.8, 4) is 0 Å². The van der Waals surface area contributed by atoms with Crippen molar-refractivity contribution in [3.63, 3.8) is 0 Å². The molecule has 78 valence electrons. The first-order valence-corrected chi connectivity index (χ1v) is 4.87. The van der Waals surface area contributed by atoms with Gasteiger partial charge in [-0.25, -0.2) is 0 Å². The molecule has 1 aromatic carbocycles. The topological polar surface area (TPSA) is 3.24 Å². The number of nitrogens with zero attached hydrogens (tertiary/aromatic N) is 1. The third-order valence-corrected chi connectivity index (χ3v) is 3.60. The van der Waals surface area contributed by atoms with Crippen LogP contribution in [0.4, 0.5) is 5.69 Å². The van der Waals surface area contributed by atoms with Gasteiger partial charge in [-0.3, -0.25) is 0 Å². The average Bonchev–Trinajstić information content (AvgIpc) is 2.30. The van der Waals surface area contributed by atoms with Crippen molar-refractivity contribution >= 4 is 29.7 Å². The number of fused-ring (bicyclic) bond motifs is 1. The van der Waals surface area contributed by atoms with Gasteiger partial charge in [-0.2, -0.15) is 0 Å². The third-order valence-electron chi connectivity index (χ3n) is 3.60. The fourth-order valence-electron chi connectivity index (χ4n) is 2.24. The number of halogens is 1. The van der Waals surface area contributed by atoms with Gasteiger partial charge in [0.1, 0.15) is 0 Å². The summed E-state index contributed by atoms with van der Waals surface area (Å²) in [6, 6.07) is 9.29. The zero-order chi connectivity index (χ0) is 9.64. The molecule has 1 unspecified atom stereocenters. The quantitative estimate of drug-likeness (QED) is 0.664. The number of likely N-dealkylation sites (N-methyl/N-ethyl adjacent to an activating group) is 1. The largest absolute Gasteiger partial charge is 0.371 e. The van der Waals surface area contributed by atoms with Crippen LogP contribution in [-0.4, -0.2) is 13.1 Å². The lowest BCUT2D eigenvalue weighted by Gasteiger charge is -2.28.